The Morgan fingerprint density at radius 2 is 2.26 bits per heavy atom. The molecule has 0 radical (unpaired) electrons. The van der Waals surface area contributed by atoms with Crippen molar-refractivity contribution in [2.45, 2.75) is 13.0 Å². The molecule has 1 aliphatic heterocycles. The molecule has 1 aromatic heterocycles. The van der Waals surface area contributed by atoms with Crippen LogP contribution in [-0.2, 0) is 17.8 Å². The van der Waals surface area contributed by atoms with Gasteiger partial charge in [-0.15, -0.1) is 0 Å². The zero-order valence-corrected chi connectivity index (χ0v) is 13.6. The van der Waals surface area contributed by atoms with Crippen LogP contribution in [-0.4, -0.2) is 31.1 Å². The molecule has 2 heterocycles. The predicted octanol–water partition coefficient (Wildman–Crippen LogP) is 0.603. The minimum absolute atomic E-state index is 0.0820. The lowest BCUT2D eigenvalue weighted by atomic mass is 10.2. The second kappa shape index (κ2) is 6.77. The van der Waals surface area contributed by atoms with E-state index in [0.29, 0.717) is 16.4 Å². The maximum Gasteiger partial charge on any atom is 0.264 e. The lowest BCUT2D eigenvalue weighted by molar-refractivity contribution is -0.895. The molecule has 6 nitrogen and oxygen atoms in total. The number of nitrogens with one attached hydrogen (secondary N) is 2. The molecule has 0 fully saturated rings. The van der Waals surface area contributed by atoms with Gasteiger partial charge in [0.05, 0.1) is 35.8 Å². The summed E-state index contributed by atoms with van der Waals surface area (Å²) in [4.78, 5) is 19.2. The summed E-state index contributed by atoms with van der Waals surface area (Å²) in [5.74, 6) is 0.323. The summed E-state index contributed by atoms with van der Waals surface area (Å²) in [7, 11) is 2.16. The summed E-state index contributed by atoms with van der Waals surface area (Å²) in [6.07, 6.45) is 0.954. The molecular weight excluding hydrogens is 312 g/mol. The third-order valence-corrected chi connectivity index (χ3v) is 4.64. The third kappa shape index (κ3) is 3.86. The van der Waals surface area contributed by atoms with E-state index < -0.39 is 0 Å². The van der Waals surface area contributed by atoms with Crippen LogP contribution in [0.1, 0.15) is 16.1 Å². The Hall–Kier alpha value is -2.43. The van der Waals surface area contributed by atoms with E-state index >= 15 is 0 Å². The standard InChI is InChI=1S/C16H16N4O2S/c1-20-7-6-13-14(9-20)23-16(18-13)19-15(21)10-22-12-4-2-11(8-17)3-5-12/h2-5H,6-7,9-10H2,1H3,(H,18,19,21)/p+1. The average molecular weight is 329 g/mol. The summed E-state index contributed by atoms with van der Waals surface area (Å²) < 4.78 is 5.41. The SMILES string of the molecule is C[NH+]1CCc2nc(NC(=O)COc3ccc(C#N)cc3)sc2C1. The second-order valence-electron chi connectivity index (χ2n) is 5.50. The molecule has 3 rings (SSSR count). The maximum absolute atomic E-state index is 12.0. The van der Waals surface area contributed by atoms with Crippen LogP contribution in [0.15, 0.2) is 24.3 Å². The molecule has 7 heteroatoms. The van der Waals surface area contributed by atoms with Crippen LogP contribution in [0.3, 0.4) is 0 Å². The van der Waals surface area contributed by atoms with Crippen LogP contribution < -0.4 is 15.0 Å². The Labute approximate surface area is 138 Å². The highest BCUT2D eigenvalue weighted by Gasteiger charge is 2.21. The number of nitriles is 1. The Balaban J connectivity index is 1.54. The van der Waals surface area contributed by atoms with E-state index in [4.69, 9.17) is 10.00 Å². The number of amides is 1. The van der Waals surface area contributed by atoms with Crippen LogP contribution in [0.2, 0.25) is 0 Å². The lowest BCUT2D eigenvalue weighted by Crippen LogP contribution is -3.08. The van der Waals surface area contributed by atoms with Crippen molar-refractivity contribution < 1.29 is 14.4 Å². The van der Waals surface area contributed by atoms with Gasteiger partial charge in [-0.3, -0.25) is 10.1 Å². The van der Waals surface area contributed by atoms with E-state index in [2.05, 4.69) is 17.3 Å². The normalized spacial score (nSPS) is 16.3. The molecule has 0 aliphatic carbocycles. The van der Waals surface area contributed by atoms with Crippen molar-refractivity contribution in [3.63, 3.8) is 0 Å². The largest absolute Gasteiger partial charge is 0.484 e. The Kier molecular flexibility index (Phi) is 4.55. The summed E-state index contributed by atoms with van der Waals surface area (Å²) >= 11 is 1.54. The molecule has 0 spiro atoms. The van der Waals surface area contributed by atoms with Gasteiger partial charge in [-0.1, -0.05) is 11.3 Å². The molecule has 2 aromatic rings. The number of carbonyl (C=O) groups is 1. The first-order valence-electron chi connectivity index (χ1n) is 7.37. The third-order valence-electron chi connectivity index (χ3n) is 3.63. The molecule has 118 valence electrons. The lowest BCUT2D eigenvalue weighted by Gasteiger charge is -2.17. The number of quaternary nitrogens is 1. The van der Waals surface area contributed by atoms with Gasteiger partial charge in [-0.25, -0.2) is 4.98 Å². The highest BCUT2D eigenvalue weighted by atomic mass is 32.1. The minimum Gasteiger partial charge on any atom is -0.484 e. The van der Waals surface area contributed by atoms with Gasteiger partial charge in [-0.05, 0) is 24.3 Å². The molecular formula is C16H17N4O2S+. The number of carbonyl (C=O) groups excluding carboxylic acids is 1. The molecule has 0 saturated carbocycles. The molecule has 0 bridgehead atoms. The van der Waals surface area contributed by atoms with E-state index in [9.17, 15) is 4.79 Å². The summed E-state index contributed by atoms with van der Waals surface area (Å²) in [6.45, 7) is 1.96. The minimum atomic E-state index is -0.235. The average Bonchev–Trinajstić information content (AvgIpc) is 2.94. The molecule has 23 heavy (non-hydrogen) atoms. The fraction of sp³-hybridized carbons (Fsp3) is 0.312. The molecule has 0 saturated heterocycles. The monoisotopic (exact) mass is 329 g/mol. The van der Waals surface area contributed by atoms with E-state index in [1.54, 1.807) is 24.3 Å². The number of rotatable bonds is 4. The van der Waals surface area contributed by atoms with Gasteiger partial charge >= 0.3 is 0 Å². The van der Waals surface area contributed by atoms with Gasteiger partial charge in [-0.2, -0.15) is 5.26 Å². The van der Waals surface area contributed by atoms with Crippen molar-refractivity contribution in [3.8, 4) is 11.8 Å². The first-order chi connectivity index (χ1) is 11.1. The number of thiazole rings is 1. The number of fused-ring (bicyclic) bond motifs is 1. The van der Waals surface area contributed by atoms with Gasteiger partial charge in [0.1, 0.15) is 12.3 Å². The van der Waals surface area contributed by atoms with Crippen LogP contribution >= 0.6 is 11.3 Å². The number of hydrogen-bond acceptors (Lipinski definition) is 5. The quantitative estimate of drug-likeness (QED) is 0.861. The number of benzene rings is 1. The smallest absolute Gasteiger partial charge is 0.264 e. The topological polar surface area (TPSA) is 79.4 Å². The first kappa shape index (κ1) is 15.5. The number of ether oxygens (including phenoxy) is 1. The second-order valence-corrected chi connectivity index (χ2v) is 6.58. The van der Waals surface area contributed by atoms with Crippen LogP contribution in [0.5, 0.6) is 5.75 Å². The van der Waals surface area contributed by atoms with Crippen molar-refractivity contribution in [2.75, 3.05) is 25.5 Å². The van der Waals surface area contributed by atoms with Crippen molar-refractivity contribution in [1.29, 1.82) is 5.26 Å². The summed E-state index contributed by atoms with van der Waals surface area (Å²) in [6, 6.07) is 8.69. The number of nitrogens with zero attached hydrogens (tertiary/aromatic N) is 2. The highest BCUT2D eigenvalue weighted by molar-refractivity contribution is 7.15. The first-order valence-corrected chi connectivity index (χ1v) is 8.18. The Bertz CT molecular complexity index is 748. The Morgan fingerprint density at radius 1 is 1.48 bits per heavy atom. The van der Waals surface area contributed by atoms with Gasteiger partial charge in [0.15, 0.2) is 11.7 Å². The number of aromatic nitrogens is 1. The zero-order chi connectivity index (χ0) is 16.2. The molecule has 1 atom stereocenters. The van der Waals surface area contributed by atoms with Crippen LogP contribution in [0, 0.1) is 11.3 Å². The maximum atomic E-state index is 12.0. The summed E-state index contributed by atoms with van der Waals surface area (Å²) in [5, 5.41) is 12.2. The number of anilines is 1. The van der Waals surface area contributed by atoms with Crippen molar-refractivity contribution in [3.05, 3.63) is 40.4 Å². The van der Waals surface area contributed by atoms with Crippen molar-refractivity contribution in [1.82, 2.24) is 4.98 Å². The van der Waals surface area contributed by atoms with Crippen LogP contribution in [0.25, 0.3) is 0 Å². The van der Waals surface area contributed by atoms with E-state index in [-0.39, 0.29) is 12.5 Å². The van der Waals surface area contributed by atoms with Crippen molar-refractivity contribution in [2.24, 2.45) is 0 Å². The van der Waals surface area contributed by atoms with Gasteiger partial charge < -0.3 is 9.64 Å². The number of hydrogen-bond donors (Lipinski definition) is 2. The fourth-order valence-corrected chi connectivity index (χ4v) is 3.53. The Morgan fingerprint density at radius 3 is 3.00 bits per heavy atom. The van der Waals surface area contributed by atoms with E-state index in [1.165, 1.54) is 21.1 Å². The number of likely N-dealkylation sites (N-methyl/N-ethyl adjacent to an activating group) is 1. The zero-order valence-electron chi connectivity index (χ0n) is 12.8. The summed E-state index contributed by atoms with van der Waals surface area (Å²) in [5.41, 5.74) is 1.66. The van der Waals surface area contributed by atoms with Gasteiger partial charge in [0.2, 0.25) is 0 Å². The van der Waals surface area contributed by atoms with E-state index in [0.717, 1.165) is 25.2 Å². The van der Waals surface area contributed by atoms with Crippen molar-refractivity contribution >= 4 is 22.4 Å². The van der Waals surface area contributed by atoms with E-state index in [1.807, 2.05) is 6.07 Å². The highest BCUT2D eigenvalue weighted by Crippen LogP contribution is 2.24. The molecule has 1 amide bonds. The fourth-order valence-electron chi connectivity index (χ4n) is 2.39. The molecule has 1 aromatic carbocycles. The molecule has 1 aliphatic rings. The van der Waals surface area contributed by atoms with Crippen LogP contribution in [0.4, 0.5) is 5.13 Å². The van der Waals surface area contributed by atoms with Gasteiger partial charge in [0, 0.05) is 6.42 Å². The predicted molar refractivity (Wildman–Crippen MR) is 86.6 cm³/mol. The van der Waals surface area contributed by atoms with Gasteiger partial charge in [0.25, 0.3) is 5.91 Å². The molecule has 2 N–H and O–H groups in total. The molecule has 1 unspecified atom stereocenters.